The van der Waals surface area contributed by atoms with Gasteiger partial charge in [-0.15, -0.1) is 0 Å². The molecule has 1 unspecified atom stereocenters. The van der Waals surface area contributed by atoms with Crippen LogP contribution in [-0.4, -0.2) is 24.2 Å². The zero-order chi connectivity index (χ0) is 22.3. The smallest absolute Gasteiger partial charge is 0.162 e. The molecule has 1 heterocycles. The highest BCUT2D eigenvalue weighted by molar-refractivity contribution is 5.70. The molecule has 0 saturated carbocycles. The lowest BCUT2D eigenvalue weighted by molar-refractivity contribution is 0.416. The van der Waals surface area contributed by atoms with Crippen molar-refractivity contribution in [1.82, 2.24) is 15.3 Å². The fourth-order valence-corrected chi connectivity index (χ4v) is 3.64. The Morgan fingerprint density at radius 3 is 1.94 bits per heavy atom. The Labute approximate surface area is 189 Å². The normalized spacial score (nSPS) is 11.7. The van der Waals surface area contributed by atoms with Crippen molar-refractivity contribution in [1.29, 1.82) is 0 Å². The molecule has 0 aliphatic rings. The maximum Gasteiger partial charge on any atom is 0.162 e. The van der Waals surface area contributed by atoms with Crippen LogP contribution in [0.2, 0.25) is 0 Å². The van der Waals surface area contributed by atoms with Gasteiger partial charge in [0, 0.05) is 36.1 Å². The minimum absolute atomic E-state index is 0.190. The fourth-order valence-electron chi connectivity index (χ4n) is 3.64. The Kier molecular flexibility index (Phi) is 6.78. The molecule has 32 heavy (non-hydrogen) atoms. The van der Waals surface area contributed by atoms with Gasteiger partial charge in [-0.2, -0.15) is 0 Å². The summed E-state index contributed by atoms with van der Waals surface area (Å²) in [4.78, 5) is 9.05. The second-order valence-electron chi connectivity index (χ2n) is 7.54. The van der Waals surface area contributed by atoms with Gasteiger partial charge in [0.05, 0.1) is 19.8 Å². The van der Waals surface area contributed by atoms with Gasteiger partial charge in [0.15, 0.2) is 5.82 Å². The molecule has 0 saturated heterocycles. The van der Waals surface area contributed by atoms with Crippen molar-refractivity contribution in [3.63, 3.8) is 0 Å². The number of rotatable bonds is 8. The van der Waals surface area contributed by atoms with Crippen LogP contribution < -0.4 is 14.8 Å². The van der Waals surface area contributed by atoms with E-state index in [9.17, 15) is 0 Å². The third kappa shape index (κ3) is 4.79. The summed E-state index contributed by atoms with van der Waals surface area (Å²) in [6.07, 6.45) is 3.72. The Hall–Kier alpha value is -3.70. The van der Waals surface area contributed by atoms with Crippen LogP contribution in [0.1, 0.15) is 24.1 Å². The van der Waals surface area contributed by atoms with Crippen LogP contribution >= 0.6 is 0 Å². The number of methoxy groups -OCH3 is 2. The highest BCUT2D eigenvalue weighted by Gasteiger charge is 2.10. The first-order valence-electron chi connectivity index (χ1n) is 10.6. The first-order chi connectivity index (χ1) is 15.7. The third-order valence-corrected chi connectivity index (χ3v) is 5.49. The van der Waals surface area contributed by atoms with Crippen LogP contribution in [-0.2, 0) is 6.54 Å². The van der Waals surface area contributed by atoms with Crippen molar-refractivity contribution in [2.45, 2.75) is 19.5 Å². The summed E-state index contributed by atoms with van der Waals surface area (Å²) in [5.74, 6) is 2.30. The Morgan fingerprint density at radius 2 is 1.31 bits per heavy atom. The zero-order valence-corrected chi connectivity index (χ0v) is 18.6. The molecule has 4 aromatic rings. The SMILES string of the molecule is COc1ccccc1-c1ccc(C(C)NCc2cnc(-c3ccccc3OC)nc2)cc1. The summed E-state index contributed by atoms with van der Waals surface area (Å²) in [5.41, 5.74) is 5.36. The average molecular weight is 426 g/mol. The van der Waals surface area contributed by atoms with Gasteiger partial charge < -0.3 is 14.8 Å². The standard InChI is InChI=1S/C27H27N3O2/c1-19(21-12-14-22(15-13-21)23-8-4-6-10-25(23)31-2)28-16-20-17-29-27(30-18-20)24-9-5-7-11-26(24)32-3/h4-15,17-19,28H,16H2,1-3H3. The van der Waals surface area contributed by atoms with Gasteiger partial charge in [0.1, 0.15) is 11.5 Å². The molecule has 4 rings (SSSR count). The maximum absolute atomic E-state index is 5.48. The second kappa shape index (κ2) is 10.1. The van der Waals surface area contributed by atoms with Gasteiger partial charge >= 0.3 is 0 Å². The molecule has 0 bridgehead atoms. The summed E-state index contributed by atoms with van der Waals surface area (Å²) < 4.78 is 10.9. The van der Waals surface area contributed by atoms with E-state index in [1.165, 1.54) is 5.56 Å². The van der Waals surface area contributed by atoms with E-state index in [1.807, 2.05) is 54.9 Å². The highest BCUT2D eigenvalue weighted by atomic mass is 16.5. The van der Waals surface area contributed by atoms with Gasteiger partial charge in [-0.1, -0.05) is 54.6 Å². The lowest BCUT2D eigenvalue weighted by Gasteiger charge is -2.15. The molecule has 1 atom stereocenters. The Morgan fingerprint density at radius 1 is 0.750 bits per heavy atom. The van der Waals surface area contributed by atoms with Crippen molar-refractivity contribution >= 4 is 0 Å². The largest absolute Gasteiger partial charge is 0.496 e. The molecule has 1 aromatic heterocycles. The maximum atomic E-state index is 5.48. The van der Waals surface area contributed by atoms with Crippen LogP contribution in [0, 0.1) is 0 Å². The van der Waals surface area contributed by atoms with E-state index in [1.54, 1.807) is 14.2 Å². The first-order valence-corrected chi connectivity index (χ1v) is 10.6. The minimum atomic E-state index is 0.190. The molecule has 0 spiro atoms. The Balaban J connectivity index is 1.40. The number of hydrogen-bond donors (Lipinski definition) is 1. The molecule has 0 aliphatic heterocycles. The fraction of sp³-hybridized carbons (Fsp3) is 0.185. The van der Waals surface area contributed by atoms with Gasteiger partial charge in [0.2, 0.25) is 0 Å². The van der Waals surface area contributed by atoms with E-state index in [4.69, 9.17) is 9.47 Å². The molecule has 1 N–H and O–H groups in total. The van der Waals surface area contributed by atoms with Crippen LogP contribution in [0.3, 0.4) is 0 Å². The van der Waals surface area contributed by atoms with E-state index >= 15 is 0 Å². The molecule has 0 fully saturated rings. The van der Waals surface area contributed by atoms with Crippen molar-refractivity contribution in [3.8, 4) is 34.0 Å². The van der Waals surface area contributed by atoms with Crippen LogP contribution in [0.4, 0.5) is 0 Å². The first kappa shape index (κ1) is 21.5. The molecular formula is C27H27N3O2. The quantitative estimate of drug-likeness (QED) is 0.394. The third-order valence-electron chi connectivity index (χ3n) is 5.49. The van der Waals surface area contributed by atoms with E-state index < -0.39 is 0 Å². The number of hydrogen-bond acceptors (Lipinski definition) is 5. The number of nitrogens with one attached hydrogen (secondary N) is 1. The van der Waals surface area contributed by atoms with Crippen LogP contribution in [0.25, 0.3) is 22.5 Å². The summed E-state index contributed by atoms with van der Waals surface area (Å²) in [6.45, 7) is 2.84. The van der Waals surface area contributed by atoms with Gasteiger partial charge in [-0.25, -0.2) is 9.97 Å². The molecular weight excluding hydrogens is 398 g/mol. The number of para-hydroxylation sites is 2. The molecule has 5 nitrogen and oxygen atoms in total. The molecule has 0 aliphatic carbocycles. The molecule has 3 aromatic carbocycles. The predicted octanol–water partition coefficient (Wildman–Crippen LogP) is 5.68. The number of benzene rings is 3. The van der Waals surface area contributed by atoms with Crippen molar-refractivity contribution in [2.75, 3.05) is 14.2 Å². The minimum Gasteiger partial charge on any atom is -0.496 e. The molecule has 162 valence electrons. The van der Waals surface area contributed by atoms with E-state index in [0.29, 0.717) is 12.4 Å². The van der Waals surface area contributed by atoms with Gasteiger partial charge in [0.25, 0.3) is 0 Å². The molecule has 5 heteroatoms. The van der Waals surface area contributed by atoms with E-state index in [0.717, 1.165) is 33.8 Å². The predicted molar refractivity (Wildman–Crippen MR) is 128 cm³/mol. The molecule has 0 radical (unpaired) electrons. The van der Waals surface area contributed by atoms with Crippen molar-refractivity contribution < 1.29 is 9.47 Å². The summed E-state index contributed by atoms with van der Waals surface area (Å²) in [6, 6.07) is 24.6. The van der Waals surface area contributed by atoms with E-state index in [-0.39, 0.29) is 6.04 Å². The lowest BCUT2D eigenvalue weighted by atomic mass is 10.0. The molecule has 0 amide bonds. The van der Waals surface area contributed by atoms with Gasteiger partial charge in [-0.3, -0.25) is 0 Å². The van der Waals surface area contributed by atoms with Crippen LogP contribution in [0.5, 0.6) is 11.5 Å². The van der Waals surface area contributed by atoms with Crippen molar-refractivity contribution in [2.24, 2.45) is 0 Å². The topological polar surface area (TPSA) is 56.3 Å². The number of nitrogens with zero attached hydrogens (tertiary/aromatic N) is 2. The lowest BCUT2D eigenvalue weighted by Crippen LogP contribution is -2.18. The number of aromatic nitrogens is 2. The van der Waals surface area contributed by atoms with Crippen molar-refractivity contribution in [3.05, 3.63) is 96.3 Å². The van der Waals surface area contributed by atoms with Gasteiger partial charge in [-0.05, 0) is 36.2 Å². The summed E-state index contributed by atoms with van der Waals surface area (Å²) in [7, 11) is 3.35. The van der Waals surface area contributed by atoms with E-state index in [2.05, 4.69) is 52.5 Å². The highest BCUT2D eigenvalue weighted by Crippen LogP contribution is 2.30. The monoisotopic (exact) mass is 425 g/mol. The second-order valence-corrected chi connectivity index (χ2v) is 7.54. The average Bonchev–Trinajstić information content (AvgIpc) is 2.87. The summed E-state index contributed by atoms with van der Waals surface area (Å²) in [5, 5.41) is 3.55. The zero-order valence-electron chi connectivity index (χ0n) is 18.6. The van der Waals surface area contributed by atoms with Crippen LogP contribution in [0.15, 0.2) is 85.2 Å². The summed E-state index contributed by atoms with van der Waals surface area (Å²) >= 11 is 0. The Bertz CT molecular complexity index is 1160. The number of ether oxygens (including phenoxy) is 2.